The molecule has 0 saturated carbocycles. The molecular weight excluding hydrogens is 191 g/mol. The van der Waals surface area contributed by atoms with Crippen LogP contribution < -0.4 is 11.1 Å². The first-order chi connectivity index (χ1) is 7.20. The molecule has 2 nitrogen and oxygen atoms in total. The summed E-state index contributed by atoms with van der Waals surface area (Å²) in [5.41, 5.74) is 6.24. The smallest absolute Gasteiger partial charge is 0.127 e. The van der Waals surface area contributed by atoms with E-state index in [0.29, 0.717) is 12.5 Å². The van der Waals surface area contributed by atoms with E-state index in [1.165, 1.54) is 6.07 Å². The molecule has 0 spiro atoms. The van der Waals surface area contributed by atoms with Gasteiger partial charge in [-0.2, -0.15) is 0 Å². The monoisotopic (exact) mass is 210 g/mol. The van der Waals surface area contributed by atoms with Gasteiger partial charge in [0.2, 0.25) is 0 Å². The fourth-order valence-corrected chi connectivity index (χ4v) is 1.90. The van der Waals surface area contributed by atoms with Crippen molar-refractivity contribution in [1.29, 1.82) is 0 Å². The minimum atomic E-state index is -0.152. The molecule has 84 valence electrons. The Balaban J connectivity index is 2.87. The molecule has 3 heteroatoms. The zero-order chi connectivity index (χ0) is 11.3. The number of rotatable bonds is 5. The zero-order valence-electron chi connectivity index (χ0n) is 9.33. The summed E-state index contributed by atoms with van der Waals surface area (Å²) in [5.74, 6) is 0.178. The second-order valence-corrected chi connectivity index (χ2v) is 3.84. The van der Waals surface area contributed by atoms with Crippen molar-refractivity contribution in [2.75, 3.05) is 13.6 Å². The highest BCUT2D eigenvalue weighted by molar-refractivity contribution is 5.21. The Kier molecular flexibility index (Phi) is 4.72. The second-order valence-electron chi connectivity index (χ2n) is 3.84. The van der Waals surface area contributed by atoms with E-state index >= 15 is 0 Å². The molecule has 0 amide bonds. The predicted octanol–water partition coefficient (Wildman–Crippen LogP) is 2.07. The first-order valence-corrected chi connectivity index (χ1v) is 5.32. The largest absolute Gasteiger partial charge is 0.330 e. The van der Waals surface area contributed by atoms with Crippen LogP contribution >= 0.6 is 0 Å². The van der Waals surface area contributed by atoms with Gasteiger partial charge in [-0.1, -0.05) is 25.1 Å². The number of hydrogen-bond acceptors (Lipinski definition) is 2. The first kappa shape index (κ1) is 12.1. The number of nitrogens with two attached hydrogens (primary N) is 1. The quantitative estimate of drug-likeness (QED) is 0.780. The highest BCUT2D eigenvalue weighted by atomic mass is 19.1. The van der Waals surface area contributed by atoms with E-state index in [-0.39, 0.29) is 11.9 Å². The number of hydrogen-bond donors (Lipinski definition) is 2. The minimum Gasteiger partial charge on any atom is -0.330 e. The van der Waals surface area contributed by atoms with Crippen LogP contribution in [0.5, 0.6) is 0 Å². The molecule has 0 aliphatic heterocycles. The third-order valence-electron chi connectivity index (χ3n) is 2.74. The molecule has 0 bridgehead atoms. The zero-order valence-corrected chi connectivity index (χ0v) is 9.33. The molecule has 2 atom stereocenters. The summed E-state index contributed by atoms with van der Waals surface area (Å²) in [7, 11) is 1.85. The summed E-state index contributed by atoms with van der Waals surface area (Å²) < 4.78 is 13.6. The van der Waals surface area contributed by atoms with E-state index in [9.17, 15) is 4.39 Å². The van der Waals surface area contributed by atoms with Crippen LogP contribution in [0.3, 0.4) is 0 Å². The molecule has 15 heavy (non-hydrogen) atoms. The molecule has 3 N–H and O–H groups in total. The molecule has 0 saturated heterocycles. The Morgan fingerprint density at radius 1 is 1.40 bits per heavy atom. The normalized spacial score (nSPS) is 14.9. The van der Waals surface area contributed by atoms with E-state index in [4.69, 9.17) is 5.73 Å². The molecule has 1 aromatic carbocycles. The van der Waals surface area contributed by atoms with Crippen LogP contribution in [-0.4, -0.2) is 13.6 Å². The van der Waals surface area contributed by atoms with E-state index in [1.54, 1.807) is 6.07 Å². The lowest BCUT2D eigenvalue weighted by Crippen LogP contribution is -2.26. The SMILES string of the molecule is CNC(c1ccccc1F)C(C)CCN. The number of nitrogens with one attached hydrogen (secondary N) is 1. The van der Waals surface area contributed by atoms with Gasteiger partial charge >= 0.3 is 0 Å². The molecule has 0 fully saturated rings. The van der Waals surface area contributed by atoms with Crippen molar-refractivity contribution in [3.8, 4) is 0 Å². The lowest BCUT2D eigenvalue weighted by Gasteiger charge is -2.24. The Morgan fingerprint density at radius 2 is 2.07 bits per heavy atom. The van der Waals surface area contributed by atoms with Crippen molar-refractivity contribution in [1.82, 2.24) is 5.32 Å². The summed E-state index contributed by atoms with van der Waals surface area (Å²) in [6, 6.07) is 6.92. The molecule has 0 aliphatic rings. The van der Waals surface area contributed by atoms with E-state index < -0.39 is 0 Å². The molecule has 0 aromatic heterocycles. The van der Waals surface area contributed by atoms with Gasteiger partial charge in [0, 0.05) is 11.6 Å². The third kappa shape index (κ3) is 3.01. The van der Waals surface area contributed by atoms with Crippen molar-refractivity contribution >= 4 is 0 Å². The van der Waals surface area contributed by atoms with Crippen molar-refractivity contribution in [3.05, 3.63) is 35.6 Å². The fourth-order valence-electron chi connectivity index (χ4n) is 1.90. The van der Waals surface area contributed by atoms with Crippen molar-refractivity contribution in [2.45, 2.75) is 19.4 Å². The average Bonchev–Trinajstić information content (AvgIpc) is 2.22. The molecule has 1 rings (SSSR count). The van der Waals surface area contributed by atoms with Crippen LogP contribution in [-0.2, 0) is 0 Å². The Morgan fingerprint density at radius 3 is 2.60 bits per heavy atom. The molecular formula is C12H19FN2. The van der Waals surface area contributed by atoms with Crippen LogP contribution in [0.4, 0.5) is 4.39 Å². The van der Waals surface area contributed by atoms with Crippen molar-refractivity contribution < 1.29 is 4.39 Å². The maximum atomic E-state index is 13.6. The number of benzene rings is 1. The van der Waals surface area contributed by atoms with Gasteiger partial charge in [0.1, 0.15) is 5.82 Å². The Bertz CT molecular complexity index is 301. The highest BCUT2D eigenvalue weighted by Crippen LogP contribution is 2.25. The lowest BCUT2D eigenvalue weighted by atomic mass is 9.92. The van der Waals surface area contributed by atoms with Gasteiger partial charge in [-0.3, -0.25) is 0 Å². The van der Waals surface area contributed by atoms with Gasteiger partial charge in [0.25, 0.3) is 0 Å². The standard InChI is InChI=1S/C12H19FN2/c1-9(7-8-14)12(15-2)10-5-3-4-6-11(10)13/h3-6,9,12,15H,7-8,14H2,1-2H3. The molecule has 0 aliphatic carbocycles. The Labute approximate surface area is 90.7 Å². The third-order valence-corrected chi connectivity index (χ3v) is 2.74. The van der Waals surface area contributed by atoms with Crippen LogP contribution in [0.15, 0.2) is 24.3 Å². The topological polar surface area (TPSA) is 38.0 Å². The maximum absolute atomic E-state index is 13.6. The summed E-state index contributed by atoms with van der Waals surface area (Å²) in [4.78, 5) is 0. The van der Waals surface area contributed by atoms with E-state index in [2.05, 4.69) is 12.2 Å². The van der Waals surface area contributed by atoms with Gasteiger partial charge in [-0.15, -0.1) is 0 Å². The van der Waals surface area contributed by atoms with E-state index in [0.717, 1.165) is 12.0 Å². The van der Waals surface area contributed by atoms with Crippen LogP contribution in [0, 0.1) is 11.7 Å². The van der Waals surface area contributed by atoms with Gasteiger partial charge in [0.05, 0.1) is 0 Å². The van der Waals surface area contributed by atoms with Crippen LogP contribution in [0.1, 0.15) is 24.9 Å². The van der Waals surface area contributed by atoms with Crippen LogP contribution in [0.2, 0.25) is 0 Å². The first-order valence-electron chi connectivity index (χ1n) is 5.32. The molecule has 0 radical (unpaired) electrons. The summed E-state index contributed by atoms with van der Waals surface area (Å²) >= 11 is 0. The summed E-state index contributed by atoms with van der Waals surface area (Å²) in [6.45, 7) is 2.72. The Hall–Kier alpha value is -0.930. The molecule has 2 unspecified atom stereocenters. The van der Waals surface area contributed by atoms with Crippen LogP contribution in [0.25, 0.3) is 0 Å². The number of halogens is 1. The summed E-state index contributed by atoms with van der Waals surface area (Å²) in [6.07, 6.45) is 0.889. The summed E-state index contributed by atoms with van der Waals surface area (Å²) in [5, 5.41) is 3.15. The minimum absolute atomic E-state index is 0.0368. The fraction of sp³-hybridized carbons (Fsp3) is 0.500. The average molecular weight is 210 g/mol. The van der Waals surface area contributed by atoms with Gasteiger partial charge < -0.3 is 11.1 Å². The van der Waals surface area contributed by atoms with Gasteiger partial charge in [0.15, 0.2) is 0 Å². The van der Waals surface area contributed by atoms with Gasteiger partial charge in [-0.05, 0) is 32.0 Å². The maximum Gasteiger partial charge on any atom is 0.127 e. The highest BCUT2D eigenvalue weighted by Gasteiger charge is 2.19. The van der Waals surface area contributed by atoms with E-state index in [1.807, 2.05) is 19.2 Å². The van der Waals surface area contributed by atoms with Gasteiger partial charge in [-0.25, -0.2) is 4.39 Å². The second kappa shape index (κ2) is 5.83. The van der Waals surface area contributed by atoms with Crippen molar-refractivity contribution in [2.24, 2.45) is 11.7 Å². The molecule has 0 heterocycles. The molecule has 1 aromatic rings. The van der Waals surface area contributed by atoms with Crippen molar-refractivity contribution in [3.63, 3.8) is 0 Å². The lowest BCUT2D eigenvalue weighted by molar-refractivity contribution is 0.379. The predicted molar refractivity (Wildman–Crippen MR) is 61.0 cm³/mol.